The highest BCUT2D eigenvalue weighted by molar-refractivity contribution is 5.85. The fraction of sp³-hybridized carbons (Fsp3) is 0.357. The average molecular weight is 213 g/mol. The molecule has 1 saturated carbocycles. The molecule has 1 atom stereocenters. The number of hydrogen-bond acceptors (Lipinski definition) is 2. The van der Waals surface area contributed by atoms with Crippen LogP contribution in [0.4, 0.5) is 0 Å². The largest absolute Gasteiger partial charge is 0.388 e. The van der Waals surface area contributed by atoms with E-state index >= 15 is 0 Å². The normalized spacial score (nSPS) is 19.6. The summed E-state index contributed by atoms with van der Waals surface area (Å²) >= 11 is 0. The molecular formula is C14H15NO. The molecule has 1 aliphatic rings. The maximum Gasteiger partial charge on any atom is 0.0849 e. The van der Waals surface area contributed by atoms with Crippen molar-refractivity contribution in [2.24, 2.45) is 5.41 Å². The van der Waals surface area contributed by atoms with Crippen LogP contribution >= 0.6 is 0 Å². The molecule has 0 bridgehead atoms. The van der Waals surface area contributed by atoms with Crippen molar-refractivity contribution in [2.45, 2.75) is 25.9 Å². The van der Waals surface area contributed by atoms with Crippen LogP contribution in [0.25, 0.3) is 10.8 Å². The third-order valence-corrected chi connectivity index (χ3v) is 3.71. The second-order valence-corrected chi connectivity index (χ2v) is 5.00. The maximum absolute atomic E-state index is 10.4. The van der Waals surface area contributed by atoms with E-state index in [9.17, 15) is 5.11 Å². The van der Waals surface area contributed by atoms with Gasteiger partial charge in [0.1, 0.15) is 0 Å². The van der Waals surface area contributed by atoms with Gasteiger partial charge >= 0.3 is 0 Å². The summed E-state index contributed by atoms with van der Waals surface area (Å²) in [4.78, 5) is 4.11. The Kier molecular flexibility index (Phi) is 2.01. The maximum atomic E-state index is 10.4. The van der Waals surface area contributed by atoms with Gasteiger partial charge in [0.25, 0.3) is 0 Å². The van der Waals surface area contributed by atoms with Crippen molar-refractivity contribution >= 4 is 10.8 Å². The van der Waals surface area contributed by atoms with Crippen molar-refractivity contribution in [1.82, 2.24) is 4.98 Å². The van der Waals surface area contributed by atoms with Crippen LogP contribution in [-0.2, 0) is 0 Å². The summed E-state index contributed by atoms with van der Waals surface area (Å²) in [7, 11) is 0. The summed E-state index contributed by atoms with van der Waals surface area (Å²) < 4.78 is 0. The molecule has 1 heterocycles. The molecule has 0 spiro atoms. The van der Waals surface area contributed by atoms with E-state index in [-0.39, 0.29) is 11.5 Å². The highest BCUT2D eigenvalue weighted by Crippen LogP contribution is 2.55. The van der Waals surface area contributed by atoms with Gasteiger partial charge in [-0.1, -0.05) is 25.1 Å². The molecule has 1 aromatic heterocycles. The fourth-order valence-corrected chi connectivity index (χ4v) is 2.23. The number of rotatable bonds is 2. The number of aliphatic hydroxyl groups excluding tert-OH is 1. The van der Waals surface area contributed by atoms with Crippen LogP contribution in [0.5, 0.6) is 0 Å². The molecule has 2 aromatic rings. The van der Waals surface area contributed by atoms with Gasteiger partial charge in [0.2, 0.25) is 0 Å². The van der Waals surface area contributed by atoms with Crippen LogP contribution in [0.15, 0.2) is 36.7 Å². The van der Waals surface area contributed by atoms with Crippen molar-refractivity contribution in [1.29, 1.82) is 0 Å². The smallest absolute Gasteiger partial charge is 0.0849 e. The Balaban J connectivity index is 2.16. The van der Waals surface area contributed by atoms with Crippen LogP contribution in [0.2, 0.25) is 0 Å². The minimum Gasteiger partial charge on any atom is -0.388 e. The van der Waals surface area contributed by atoms with Gasteiger partial charge in [-0.05, 0) is 35.3 Å². The SMILES string of the molecule is CC1(C(O)c2cccc3cnccc23)CC1. The molecule has 3 rings (SSSR count). The number of aliphatic hydroxyl groups is 1. The van der Waals surface area contributed by atoms with Crippen molar-refractivity contribution in [3.05, 3.63) is 42.2 Å². The molecule has 16 heavy (non-hydrogen) atoms. The third kappa shape index (κ3) is 1.41. The summed E-state index contributed by atoms with van der Waals surface area (Å²) in [6.45, 7) is 2.15. The molecule has 0 amide bonds. The molecule has 1 unspecified atom stereocenters. The summed E-state index contributed by atoms with van der Waals surface area (Å²) in [6, 6.07) is 8.04. The zero-order valence-corrected chi connectivity index (χ0v) is 9.35. The van der Waals surface area contributed by atoms with Crippen LogP contribution in [0.1, 0.15) is 31.4 Å². The number of fused-ring (bicyclic) bond motifs is 1. The lowest BCUT2D eigenvalue weighted by Gasteiger charge is -2.19. The molecule has 0 radical (unpaired) electrons. The second kappa shape index (κ2) is 3.29. The lowest BCUT2D eigenvalue weighted by atomic mass is 9.91. The van der Waals surface area contributed by atoms with E-state index in [1.165, 1.54) is 0 Å². The van der Waals surface area contributed by atoms with Gasteiger partial charge in [-0.15, -0.1) is 0 Å². The second-order valence-electron chi connectivity index (χ2n) is 5.00. The lowest BCUT2D eigenvalue weighted by Crippen LogP contribution is -2.10. The van der Waals surface area contributed by atoms with E-state index in [1.807, 2.05) is 30.5 Å². The molecule has 2 heteroatoms. The Hall–Kier alpha value is -1.41. The van der Waals surface area contributed by atoms with Gasteiger partial charge in [0, 0.05) is 17.8 Å². The van der Waals surface area contributed by atoms with Crippen molar-refractivity contribution in [3.63, 3.8) is 0 Å². The highest BCUT2D eigenvalue weighted by Gasteiger charge is 2.45. The minimum atomic E-state index is -0.349. The lowest BCUT2D eigenvalue weighted by molar-refractivity contribution is 0.105. The molecule has 2 nitrogen and oxygen atoms in total. The Morgan fingerprint density at radius 3 is 2.88 bits per heavy atom. The van der Waals surface area contributed by atoms with Crippen LogP contribution < -0.4 is 0 Å². The molecule has 0 aliphatic heterocycles. The molecular weight excluding hydrogens is 198 g/mol. The molecule has 1 aromatic carbocycles. The highest BCUT2D eigenvalue weighted by atomic mass is 16.3. The van der Waals surface area contributed by atoms with E-state index in [0.717, 1.165) is 29.2 Å². The van der Waals surface area contributed by atoms with E-state index in [2.05, 4.69) is 11.9 Å². The summed E-state index contributed by atoms with van der Waals surface area (Å²) in [5.74, 6) is 0. The molecule has 0 saturated heterocycles. The van der Waals surface area contributed by atoms with E-state index in [4.69, 9.17) is 0 Å². The monoisotopic (exact) mass is 213 g/mol. The predicted octanol–water partition coefficient (Wildman–Crippen LogP) is 3.07. The quantitative estimate of drug-likeness (QED) is 0.831. The van der Waals surface area contributed by atoms with Gasteiger partial charge in [-0.25, -0.2) is 0 Å². The standard InChI is InChI=1S/C14H15NO/c1-14(6-7-14)13(16)12-4-2-3-10-9-15-8-5-11(10)12/h2-5,8-9,13,16H,6-7H2,1H3. The van der Waals surface area contributed by atoms with E-state index in [1.54, 1.807) is 6.20 Å². The fourth-order valence-electron chi connectivity index (χ4n) is 2.23. The first-order chi connectivity index (χ1) is 7.71. The topological polar surface area (TPSA) is 33.1 Å². The first-order valence-corrected chi connectivity index (χ1v) is 5.71. The van der Waals surface area contributed by atoms with Crippen LogP contribution in [0.3, 0.4) is 0 Å². The number of hydrogen-bond donors (Lipinski definition) is 1. The summed E-state index contributed by atoms with van der Waals surface area (Å²) in [5, 5.41) is 12.6. The van der Waals surface area contributed by atoms with Crippen molar-refractivity contribution in [2.75, 3.05) is 0 Å². The average Bonchev–Trinajstić information content (AvgIpc) is 3.07. The van der Waals surface area contributed by atoms with Gasteiger partial charge in [0.05, 0.1) is 6.10 Å². The zero-order chi connectivity index (χ0) is 11.2. The van der Waals surface area contributed by atoms with Gasteiger partial charge in [-0.2, -0.15) is 0 Å². The Labute approximate surface area is 94.9 Å². The van der Waals surface area contributed by atoms with Crippen LogP contribution in [0, 0.1) is 5.41 Å². The van der Waals surface area contributed by atoms with Gasteiger partial charge < -0.3 is 5.11 Å². The molecule has 82 valence electrons. The Morgan fingerprint density at radius 1 is 1.31 bits per heavy atom. The van der Waals surface area contributed by atoms with Crippen LogP contribution in [-0.4, -0.2) is 10.1 Å². The summed E-state index contributed by atoms with van der Waals surface area (Å²) in [5.41, 5.74) is 1.14. The van der Waals surface area contributed by atoms with Gasteiger partial charge in [-0.3, -0.25) is 4.98 Å². The predicted molar refractivity (Wildman–Crippen MR) is 64.0 cm³/mol. The van der Waals surface area contributed by atoms with Crippen molar-refractivity contribution in [3.8, 4) is 0 Å². The molecule has 1 N–H and O–H groups in total. The number of pyridine rings is 1. The Bertz CT molecular complexity index is 526. The third-order valence-electron chi connectivity index (χ3n) is 3.71. The minimum absolute atomic E-state index is 0.0948. The summed E-state index contributed by atoms with van der Waals surface area (Å²) in [6.07, 6.45) is 5.53. The number of nitrogens with zero attached hydrogens (tertiary/aromatic N) is 1. The zero-order valence-electron chi connectivity index (χ0n) is 9.35. The first-order valence-electron chi connectivity index (χ1n) is 5.71. The Morgan fingerprint density at radius 2 is 2.12 bits per heavy atom. The van der Waals surface area contributed by atoms with Gasteiger partial charge in [0.15, 0.2) is 0 Å². The number of aromatic nitrogens is 1. The number of benzene rings is 1. The van der Waals surface area contributed by atoms with E-state index in [0.29, 0.717) is 0 Å². The van der Waals surface area contributed by atoms with E-state index < -0.39 is 0 Å². The first kappa shape index (κ1) is 9.79. The van der Waals surface area contributed by atoms with Crippen molar-refractivity contribution < 1.29 is 5.11 Å². The molecule has 1 fully saturated rings. The molecule has 1 aliphatic carbocycles.